The average molecular weight is 242 g/mol. The lowest BCUT2D eigenvalue weighted by atomic mass is 10.0. The lowest BCUT2D eigenvalue weighted by molar-refractivity contribution is 0.735. The minimum atomic E-state index is 0.220. The molecule has 0 saturated carbocycles. The van der Waals surface area contributed by atoms with Gasteiger partial charge in [0.1, 0.15) is 0 Å². The largest absolute Gasteiger partial charge is 0.328 e. The third kappa shape index (κ3) is 2.82. The third-order valence-electron chi connectivity index (χ3n) is 2.02. The number of hydrogen-bond donors (Lipinski definition) is 1. The highest BCUT2D eigenvalue weighted by Crippen LogP contribution is 2.23. The number of aryl methyl sites for hydroxylation is 2. The second-order valence-corrected chi connectivity index (χ2v) is 4.53. The summed E-state index contributed by atoms with van der Waals surface area (Å²) < 4.78 is 1.20. The molecule has 1 rings (SSSR count). The Balaban J connectivity index is 3.05. The number of rotatable bonds is 2. The summed E-state index contributed by atoms with van der Waals surface area (Å²) >= 11 is 3.59. The fraction of sp³-hybridized carbons (Fsp3) is 0.455. The number of nitrogens with two attached hydrogens (primary N) is 1. The van der Waals surface area contributed by atoms with E-state index in [1.165, 1.54) is 21.2 Å². The van der Waals surface area contributed by atoms with E-state index < -0.39 is 0 Å². The molecule has 0 aliphatic carbocycles. The first-order valence-corrected chi connectivity index (χ1v) is 5.31. The van der Waals surface area contributed by atoms with Gasteiger partial charge in [0.25, 0.3) is 0 Å². The summed E-state index contributed by atoms with van der Waals surface area (Å²) in [7, 11) is 0. The van der Waals surface area contributed by atoms with Crippen LogP contribution in [0.3, 0.4) is 0 Å². The molecule has 0 radical (unpaired) electrons. The van der Waals surface area contributed by atoms with Crippen LogP contribution in [0.5, 0.6) is 0 Å². The van der Waals surface area contributed by atoms with Gasteiger partial charge < -0.3 is 5.73 Å². The summed E-state index contributed by atoms with van der Waals surface area (Å²) in [6, 6.07) is 4.59. The predicted octanol–water partition coefficient (Wildman–Crippen LogP) is 2.96. The molecule has 0 heterocycles. The van der Waals surface area contributed by atoms with E-state index >= 15 is 0 Å². The molecule has 0 bridgehead atoms. The first-order valence-electron chi connectivity index (χ1n) is 4.52. The number of halogens is 1. The first-order chi connectivity index (χ1) is 6.00. The van der Waals surface area contributed by atoms with Crippen molar-refractivity contribution < 1.29 is 0 Å². The second kappa shape index (κ2) is 4.25. The van der Waals surface area contributed by atoms with Crippen LogP contribution in [-0.2, 0) is 6.42 Å². The molecule has 2 N–H and O–H groups in total. The maximum Gasteiger partial charge on any atom is 0.0237 e. The van der Waals surface area contributed by atoms with Crippen molar-refractivity contribution in [2.45, 2.75) is 33.2 Å². The first kappa shape index (κ1) is 10.7. The van der Waals surface area contributed by atoms with E-state index in [1.54, 1.807) is 0 Å². The van der Waals surface area contributed by atoms with E-state index in [0.717, 1.165) is 6.42 Å². The van der Waals surface area contributed by atoms with Gasteiger partial charge >= 0.3 is 0 Å². The second-order valence-electron chi connectivity index (χ2n) is 3.74. The van der Waals surface area contributed by atoms with E-state index in [1.807, 2.05) is 6.92 Å². The Bertz CT molecular complexity index is 305. The Morgan fingerprint density at radius 3 is 2.54 bits per heavy atom. The third-order valence-corrected chi connectivity index (χ3v) is 3.15. The average Bonchev–Trinajstić information content (AvgIpc) is 1.98. The minimum absolute atomic E-state index is 0.220. The monoisotopic (exact) mass is 241 g/mol. The fourth-order valence-electron chi connectivity index (χ4n) is 1.53. The molecule has 1 unspecified atom stereocenters. The van der Waals surface area contributed by atoms with Gasteiger partial charge in [-0.25, -0.2) is 0 Å². The number of hydrogen-bond acceptors (Lipinski definition) is 1. The molecule has 0 aliphatic heterocycles. The van der Waals surface area contributed by atoms with Crippen LogP contribution in [0.15, 0.2) is 16.6 Å². The van der Waals surface area contributed by atoms with Gasteiger partial charge in [0.15, 0.2) is 0 Å². The maximum atomic E-state index is 5.77. The molecule has 0 saturated heterocycles. The standard InChI is InChI=1S/C11H16BrN/c1-7-4-8(2)11(12)10(5-7)6-9(3)13/h4-5,9H,6,13H2,1-3H3. The van der Waals surface area contributed by atoms with Gasteiger partial charge in [0.2, 0.25) is 0 Å². The lowest BCUT2D eigenvalue weighted by Gasteiger charge is -2.11. The van der Waals surface area contributed by atoms with Crippen molar-refractivity contribution in [2.24, 2.45) is 5.73 Å². The van der Waals surface area contributed by atoms with E-state index in [0.29, 0.717) is 0 Å². The van der Waals surface area contributed by atoms with E-state index in [-0.39, 0.29) is 6.04 Å². The van der Waals surface area contributed by atoms with Crippen LogP contribution in [0, 0.1) is 13.8 Å². The number of benzene rings is 1. The van der Waals surface area contributed by atoms with Gasteiger partial charge in [-0.3, -0.25) is 0 Å². The molecular formula is C11H16BrN. The van der Waals surface area contributed by atoms with Gasteiger partial charge in [-0.2, -0.15) is 0 Å². The molecule has 0 amide bonds. The summed E-state index contributed by atoms with van der Waals surface area (Å²) in [5, 5.41) is 0. The Hall–Kier alpha value is -0.340. The highest BCUT2D eigenvalue weighted by molar-refractivity contribution is 9.10. The minimum Gasteiger partial charge on any atom is -0.328 e. The van der Waals surface area contributed by atoms with Crippen molar-refractivity contribution in [2.75, 3.05) is 0 Å². The van der Waals surface area contributed by atoms with Crippen LogP contribution in [0.25, 0.3) is 0 Å². The Morgan fingerprint density at radius 2 is 2.00 bits per heavy atom. The molecule has 72 valence electrons. The topological polar surface area (TPSA) is 26.0 Å². The molecule has 1 atom stereocenters. The van der Waals surface area contributed by atoms with Crippen LogP contribution in [0.1, 0.15) is 23.6 Å². The molecule has 0 spiro atoms. The molecule has 1 nitrogen and oxygen atoms in total. The van der Waals surface area contributed by atoms with Crippen molar-refractivity contribution in [3.05, 3.63) is 33.3 Å². The zero-order valence-electron chi connectivity index (χ0n) is 8.39. The maximum absolute atomic E-state index is 5.77. The highest BCUT2D eigenvalue weighted by Gasteiger charge is 2.05. The van der Waals surface area contributed by atoms with Gasteiger partial charge in [-0.05, 0) is 38.3 Å². The van der Waals surface area contributed by atoms with E-state index in [9.17, 15) is 0 Å². The van der Waals surface area contributed by atoms with E-state index in [2.05, 4.69) is 41.9 Å². The molecular weight excluding hydrogens is 226 g/mol. The van der Waals surface area contributed by atoms with Gasteiger partial charge in [-0.1, -0.05) is 33.6 Å². The van der Waals surface area contributed by atoms with Gasteiger partial charge in [-0.15, -0.1) is 0 Å². The van der Waals surface area contributed by atoms with Gasteiger partial charge in [0.05, 0.1) is 0 Å². The van der Waals surface area contributed by atoms with Gasteiger partial charge in [0, 0.05) is 10.5 Å². The summed E-state index contributed by atoms with van der Waals surface area (Å²) in [5.41, 5.74) is 9.67. The Morgan fingerprint density at radius 1 is 1.38 bits per heavy atom. The summed E-state index contributed by atoms with van der Waals surface area (Å²) in [4.78, 5) is 0. The molecule has 1 aromatic carbocycles. The molecule has 0 aliphatic rings. The van der Waals surface area contributed by atoms with Crippen LogP contribution in [-0.4, -0.2) is 6.04 Å². The fourth-order valence-corrected chi connectivity index (χ4v) is 1.92. The zero-order valence-corrected chi connectivity index (χ0v) is 9.98. The molecule has 1 aromatic rings. The smallest absolute Gasteiger partial charge is 0.0237 e. The Labute approximate surface area is 88.5 Å². The van der Waals surface area contributed by atoms with Crippen molar-refractivity contribution in [1.82, 2.24) is 0 Å². The Kier molecular flexibility index (Phi) is 3.51. The van der Waals surface area contributed by atoms with Crippen molar-refractivity contribution in [1.29, 1.82) is 0 Å². The molecule has 0 aromatic heterocycles. The normalized spacial score (nSPS) is 13.0. The summed E-state index contributed by atoms with van der Waals surface area (Å²) in [5.74, 6) is 0. The van der Waals surface area contributed by atoms with Crippen LogP contribution >= 0.6 is 15.9 Å². The van der Waals surface area contributed by atoms with Crippen LogP contribution in [0.4, 0.5) is 0 Å². The summed E-state index contributed by atoms with van der Waals surface area (Å²) in [6.07, 6.45) is 0.934. The zero-order chi connectivity index (χ0) is 10.0. The lowest BCUT2D eigenvalue weighted by Crippen LogP contribution is -2.18. The molecule has 13 heavy (non-hydrogen) atoms. The molecule has 2 heteroatoms. The molecule has 0 fully saturated rings. The quantitative estimate of drug-likeness (QED) is 0.847. The van der Waals surface area contributed by atoms with Crippen molar-refractivity contribution in [3.8, 4) is 0 Å². The highest BCUT2D eigenvalue weighted by atomic mass is 79.9. The van der Waals surface area contributed by atoms with Crippen LogP contribution in [0.2, 0.25) is 0 Å². The van der Waals surface area contributed by atoms with Crippen molar-refractivity contribution in [3.63, 3.8) is 0 Å². The SMILES string of the molecule is Cc1cc(C)c(Br)c(CC(C)N)c1. The van der Waals surface area contributed by atoms with E-state index in [4.69, 9.17) is 5.73 Å². The van der Waals surface area contributed by atoms with Crippen LogP contribution < -0.4 is 5.73 Å². The van der Waals surface area contributed by atoms with Crippen molar-refractivity contribution >= 4 is 15.9 Å². The summed E-state index contributed by atoms with van der Waals surface area (Å²) in [6.45, 7) is 6.26. The predicted molar refractivity (Wildman–Crippen MR) is 61.0 cm³/mol.